The molecule has 7 rings (SSSR count). The van der Waals surface area contributed by atoms with Crippen LogP contribution in [0.4, 0.5) is 10.1 Å². The lowest BCUT2D eigenvalue weighted by molar-refractivity contribution is -0.110. The first kappa shape index (κ1) is 37.1. The van der Waals surface area contributed by atoms with Crippen LogP contribution in [0.3, 0.4) is 0 Å². The summed E-state index contributed by atoms with van der Waals surface area (Å²) in [7, 11) is 1.62. The molecule has 5 N–H and O–H groups in total. The van der Waals surface area contributed by atoms with E-state index >= 15 is 0 Å². The Bertz CT molecular complexity index is 1940. The van der Waals surface area contributed by atoms with Gasteiger partial charge in [-0.05, 0) is 135 Å². The van der Waals surface area contributed by atoms with Gasteiger partial charge in [-0.3, -0.25) is 14.4 Å². The van der Waals surface area contributed by atoms with Crippen molar-refractivity contribution in [2.75, 3.05) is 38.6 Å². The van der Waals surface area contributed by atoms with E-state index in [1.807, 2.05) is 19.9 Å². The fraction of sp³-hybridized carbons (Fsp3) is 0.452. The summed E-state index contributed by atoms with van der Waals surface area (Å²) in [6, 6.07) is 8.27. The first-order chi connectivity index (χ1) is 24.9. The highest BCUT2D eigenvalue weighted by atomic mass is 19.1. The number of allylic oxidation sites excluding steroid dienone is 2. The van der Waals surface area contributed by atoms with Gasteiger partial charge in [-0.2, -0.15) is 0 Å². The van der Waals surface area contributed by atoms with Crippen LogP contribution in [0.2, 0.25) is 0 Å². The van der Waals surface area contributed by atoms with Crippen molar-refractivity contribution in [3.8, 4) is 5.75 Å². The summed E-state index contributed by atoms with van der Waals surface area (Å²) in [5.74, 6) is 1.53. The SMILES string of the molecule is CCN(CC)CCNC(=O)c1c(C)[nH]c(/C=C2\C(=O)Nc3ccc(F)cc32)c1C.COc1cc2c(cc1C(N)=O)CC[C@@H]1[C@@H]2CC[C@]2(C)C=CC[C@@H]12. The number of anilines is 1. The Morgan fingerprint density at radius 3 is 2.63 bits per heavy atom. The minimum Gasteiger partial charge on any atom is -0.496 e. The zero-order valence-corrected chi connectivity index (χ0v) is 31.3. The number of hydrogen-bond acceptors (Lipinski definition) is 5. The van der Waals surface area contributed by atoms with Crippen LogP contribution in [0, 0.1) is 36.9 Å². The number of fused-ring (bicyclic) bond motifs is 6. The van der Waals surface area contributed by atoms with Crippen molar-refractivity contribution in [1.82, 2.24) is 15.2 Å². The van der Waals surface area contributed by atoms with E-state index in [9.17, 15) is 18.8 Å². The second-order valence-electron chi connectivity index (χ2n) is 14.9. The van der Waals surface area contributed by atoms with Crippen molar-refractivity contribution < 1.29 is 23.5 Å². The summed E-state index contributed by atoms with van der Waals surface area (Å²) < 4.78 is 19.1. The molecule has 2 aromatic carbocycles. The minimum atomic E-state index is -0.404. The quantitative estimate of drug-likeness (QED) is 0.139. The number of benzene rings is 2. The number of nitrogens with one attached hydrogen (secondary N) is 3. The van der Waals surface area contributed by atoms with Crippen LogP contribution in [-0.2, 0) is 11.2 Å². The van der Waals surface area contributed by atoms with Crippen molar-refractivity contribution in [1.29, 1.82) is 0 Å². The summed E-state index contributed by atoms with van der Waals surface area (Å²) in [5.41, 5.74) is 13.3. The van der Waals surface area contributed by atoms with Crippen molar-refractivity contribution >= 4 is 35.1 Å². The number of aryl methyl sites for hydroxylation is 2. The van der Waals surface area contributed by atoms with Gasteiger partial charge < -0.3 is 31.0 Å². The minimum absolute atomic E-state index is 0.143. The van der Waals surface area contributed by atoms with Crippen LogP contribution in [0.5, 0.6) is 5.75 Å². The molecule has 0 spiro atoms. The van der Waals surface area contributed by atoms with Gasteiger partial charge in [0.25, 0.3) is 17.7 Å². The maximum atomic E-state index is 13.7. The van der Waals surface area contributed by atoms with E-state index < -0.39 is 11.7 Å². The van der Waals surface area contributed by atoms with Crippen LogP contribution in [-0.4, -0.2) is 60.9 Å². The number of H-pyrrole nitrogens is 1. The molecule has 276 valence electrons. The molecule has 52 heavy (non-hydrogen) atoms. The highest BCUT2D eigenvalue weighted by molar-refractivity contribution is 6.35. The van der Waals surface area contributed by atoms with Crippen molar-refractivity contribution in [3.63, 3.8) is 0 Å². The predicted octanol–water partition coefficient (Wildman–Crippen LogP) is 7.15. The number of nitrogens with two attached hydrogens (primary N) is 1. The first-order valence-corrected chi connectivity index (χ1v) is 18.6. The average Bonchev–Trinajstić information content (AvgIpc) is 3.77. The topological polar surface area (TPSA) is 130 Å². The molecule has 1 saturated carbocycles. The molecule has 0 saturated heterocycles. The van der Waals surface area contributed by atoms with Crippen molar-refractivity contribution in [3.05, 3.63) is 93.1 Å². The lowest BCUT2D eigenvalue weighted by Gasteiger charge is -2.49. The molecule has 0 radical (unpaired) electrons. The van der Waals surface area contributed by atoms with E-state index in [-0.39, 0.29) is 11.8 Å². The predicted molar refractivity (Wildman–Crippen MR) is 204 cm³/mol. The average molecular weight is 710 g/mol. The molecule has 2 heterocycles. The number of nitrogens with zero attached hydrogens (tertiary/aromatic N) is 1. The Morgan fingerprint density at radius 1 is 1.15 bits per heavy atom. The molecule has 1 aliphatic heterocycles. The van der Waals surface area contributed by atoms with Gasteiger partial charge in [0.15, 0.2) is 0 Å². The zero-order valence-electron chi connectivity index (χ0n) is 31.3. The second kappa shape index (κ2) is 15.1. The van der Waals surface area contributed by atoms with E-state index in [1.54, 1.807) is 19.3 Å². The van der Waals surface area contributed by atoms with Gasteiger partial charge in [-0.15, -0.1) is 0 Å². The van der Waals surface area contributed by atoms with Gasteiger partial charge in [0.2, 0.25) is 0 Å². The number of rotatable bonds is 9. The Kier molecular flexibility index (Phi) is 10.8. The highest BCUT2D eigenvalue weighted by Gasteiger charge is 2.48. The van der Waals surface area contributed by atoms with E-state index in [2.05, 4.69) is 59.5 Å². The summed E-state index contributed by atoms with van der Waals surface area (Å²) >= 11 is 0. The summed E-state index contributed by atoms with van der Waals surface area (Å²) in [5, 5.41) is 5.70. The van der Waals surface area contributed by atoms with Gasteiger partial charge in [-0.1, -0.05) is 32.9 Å². The van der Waals surface area contributed by atoms with E-state index in [0.29, 0.717) is 57.3 Å². The number of ether oxygens (including phenoxy) is 1. The molecule has 10 heteroatoms. The zero-order chi connectivity index (χ0) is 37.3. The number of aromatic amines is 1. The molecule has 0 unspecified atom stereocenters. The number of hydrogen-bond donors (Lipinski definition) is 4. The lowest BCUT2D eigenvalue weighted by atomic mass is 9.55. The number of carbonyl (C=O) groups is 3. The van der Waals surface area contributed by atoms with E-state index in [4.69, 9.17) is 10.5 Å². The summed E-state index contributed by atoms with van der Waals surface area (Å²) in [6.45, 7) is 13.5. The molecule has 3 aromatic rings. The number of halogens is 1. The molecule has 1 aromatic heterocycles. The van der Waals surface area contributed by atoms with Crippen LogP contribution >= 0.6 is 0 Å². The summed E-state index contributed by atoms with van der Waals surface area (Å²) in [4.78, 5) is 42.1. The Balaban J connectivity index is 0.000000183. The second-order valence-corrected chi connectivity index (χ2v) is 14.9. The van der Waals surface area contributed by atoms with Crippen LogP contribution in [0.1, 0.15) is 107 Å². The third-order valence-electron chi connectivity index (χ3n) is 12.0. The molecule has 4 atom stereocenters. The monoisotopic (exact) mass is 709 g/mol. The van der Waals surface area contributed by atoms with Crippen LogP contribution in [0.25, 0.3) is 11.6 Å². The highest BCUT2D eigenvalue weighted by Crippen LogP contribution is 2.58. The number of amides is 3. The largest absolute Gasteiger partial charge is 0.496 e. The van der Waals surface area contributed by atoms with Gasteiger partial charge in [0.05, 0.1) is 23.8 Å². The fourth-order valence-corrected chi connectivity index (χ4v) is 9.11. The lowest BCUT2D eigenvalue weighted by Crippen LogP contribution is -2.39. The van der Waals surface area contributed by atoms with Crippen molar-refractivity contribution in [2.24, 2.45) is 23.0 Å². The fourth-order valence-electron chi connectivity index (χ4n) is 9.11. The molecular weight excluding hydrogens is 657 g/mol. The molecular formula is C42H52FN5O4. The number of carbonyl (C=O) groups excluding carboxylic acids is 3. The molecule has 9 nitrogen and oxygen atoms in total. The summed E-state index contributed by atoms with van der Waals surface area (Å²) in [6.07, 6.45) is 12.5. The van der Waals surface area contributed by atoms with E-state index in [1.165, 1.54) is 48.9 Å². The molecule has 0 bridgehead atoms. The Labute approximate surface area is 306 Å². The van der Waals surface area contributed by atoms with Gasteiger partial charge in [0.1, 0.15) is 11.6 Å². The maximum absolute atomic E-state index is 13.7. The first-order valence-electron chi connectivity index (χ1n) is 18.6. The number of primary amides is 1. The van der Waals surface area contributed by atoms with Crippen molar-refractivity contribution in [2.45, 2.75) is 72.6 Å². The molecule has 4 aliphatic rings. The van der Waals surface area contributed by atoms with Crippen LogP contribution < -0.4 is 21.1 Å². The van der Waals surface area contributed by atoms with Gasteiger partial charge in [-0.25, -0.2) is 4.39 Å². The third-order valence-corrected chi connectivity index (χ3v) is 12.0. The maximum Gasteiger partial charge on any atom is 0.256 e. The van der Waals surface area contributed by atoms with Crippen LogP contribution in [0.15, 0.2) is 42.5 Å². The van der Waals surface area contributed by atoms with E-state index in [0.717, 1.165) is 49.1 Å². The number of likely N-dealkylation sites (N-methyl/N-ethyl adjacent to an activating group) is 1. The van der Waals surface area contributed by atoms with Gasteiger partial charge in [0, 0.05) is 35.7 Å². The Morgan fingerprint density at radius 2 is 1.92 bits per heavy atom. The normalized spacial score (nSPS) is 23.3. The Hall–Kier alpha value is -4.70. The van der Waals surface area contributed by atoms with Gasteiger partial charge >= 0.3 is 0 Å². The number of methoxy groups -OCH3 is 1. The molecule has 3 aliphatic carbocycles. The third kappa shape index (κ3) is 7.05. The molecule has 1 fully saturated rings. The molecule has 3 amide bonds. The smallest absolute Gasteiger partial charge is 0.256 e. The standard InChI is InChI=1S/C22H27FN4O2.C20H25NO2/c1-5-27(6-2)10-9-24-22(29)20-13(3)19(25-14(20)4)12-17-16-11-15(23)7-8-18(16)26-21(17)28;1-20-8-3-4-17(20)14-6-5-12-10-16(19(21)22)18(23-2)11-15(12)13(14)7-9-20/h7-8,11-12,25H,5-6,9-10H2,1-4H3,(H,24,29)(H,26,28);3,8,10-11,13-14,17H,4-7,9H2,1-2H3,(H2,21,22)/b17-12-;/t;13-,14+,17-,20-/m.0/s1. The number of aromatic nitrogens is 1.